The summed E-state index contributed by atoms with van der Waals surface area (Å²) in [6.45, 7) is 0. The molecule has 0 bridgehead atoms. The highest BCUT2D eigenvalue weighted by Crippen LogP contribution is 2.47. The molecule has 1 N–H and O–H groups in total. The van der Waals surface area contributed by atoms with E-state index in [1.165, 1.54) is 16.7 Å². The van der Waals surface area contributed by atoms with Crippen LogP contribution < -0.4 is 5.32 Å². The molecule has 0 saturated heterocycles. The van der Waals surface area contributed by atoms with Crippen LogP contribution in [0.5, 0.6) is 0 Å². The Morgan fingerprint density at radius 1 is 1.33 bits per heavy atom. The zero-order chi connectivity index (χ0) is 15.0. The van der Waals surface area contributed by atoms with Crippen molar-refractivity contribution >= 4 is 23.1 Å². The van der Waals surface area contributed by atoms with Crippen molar-refractivity contribution in [3.8, 4) is 0 Å². The number of nitrogens with one attached hydrogen (secondary N) is 1. The van der Waals surface area contributed by atoms with Crippen LogP contribution in [0.25, 0.3) is 0 Å². The van der Waals surface area contributed by atoms with Gasteiger partial charge in [0.2, 0.25) is 0 Å². The zero-order valence-corrected chi connectivity index (χ0v) is 12.8. The van der Waals surface area contributed by atoms with E-state index in [4.69, 9.17) is 0 Å². The van der Waals surface area contributed by atoms with Gasteiger partial charge in [-0.25, -0.2) is 4.98 Å². The lowest BCUT2D eigenvalue weighted by atomic mass is 9.93. The van der Waals surface area contributed by atoms with Gasteiger partial charge in [-0.15, -0.1) is 23.1 Å². The molecule has 2 heterocycles. The Bertz CT molecular complexity index is 639. The molecule has 0 fully saturated rings. The van der Waals surface area contributed by atoms with Gasteiger partial charge in [0.25, 0.3) is 0 Å². The molecule has 1 aliphatic heterocycles. The van der Waals surface area contributed by atoms with Crippen LogP contribution in [-0.2, 0) is 6.18 Å². The van der Waals surface area contributed by atoms with Gasteiger partial charge in [-0.3, -0.25) is 0 Å². The fourth-order valence-corrected chi connectivity index (χ4v) is 4.82. The Morgan fingerprint density at radius 2 is 2.10 bits per heavy atom. The summed E-state index contributed by atoms with van der Waals surface area (Å²) in [7, 11) is 1.78. The van der Waals surface area contributed by atoms with Gasteiger partial charge in [0.1, 0.15) is 0 Å². The minimum atomic E-state index is -4.37. The van der Waals surface area contributed by atoms with Gasteiger partial charge in [0.15, 0.2) is 5.01 Å². The number of thioether (sulfide) groups is 1. The van der Waals surface area contributed by atoms with Gasteiger partial charge < -0.3 is 5.32 Å². The topological polar surface area (TPSA) is 24.9 Å². The molecule has 1 aliphatic rings. The zero-order valence-electron chi connectivity index (χ0n) is 11.1. The Hall–Kier alpha value is -1.05. The molecule has 0 amide bonds. The lowest BCUT2D eigenvalue weighted by Gasteiger charge is -2.22. The third-order valence-electron chi connectivity index (χ3n) is 3.52. The molecule has 7 heteroatoms. The summed E-state index contributed by atoms with van der Waals surface area (Å²) >= 11 is 2.47. The minimum Gasteiger partial charge on any atom is -0.312 e. The molecule has 112 valence electrons. The van der Waals surface area contributed by atoms with Gasteiger partial charge in [-0.1, -0.05) is 18.2 Å². The summed E-state index contributed by atoms with van der Waals surface area (Å²) in [5.41, 5.74) is 1.20. The largest absolute Gasteiger partial charge is 0.443 e. The summed E-state index contributed by atoms with van der Waals surface area (Å²) in [5, 5.41) is 2.37. The van der Waals surface area contributed by atoms with Crippen LogP contribution in [0.2, 0.25) is 0 Å². The third kappa shape index (κ3) is 2.82. The van der Waals surface area contributed by atoms with Crippen molar-refractivity contribution in [2.45, 2.75) is 23.0 Å². The number of halogens is 3. The predicted molar refractivity (Wildman–Crippen MR) is 78.8 cm³/mol. The number of rotatable bonds is 3. The van der Waals surface area contributed by atoms with Crippen LogP contribution in [0, 0.1) is 0 Å². The van der Waals surface area contributed by atoms with Crippen molar-refractivity contribution in [1.29, 1.82) is 0 Å². The fourth-order valence-electron chi connectivity index (χ4n) is 2.57. The van der Waals surface area contributed by atoms with Crippen molar-refractivity contribution in [3.63, 3.8) is 0 Å². The smallest absolute Gasteiger partial charge is 0.312 e. The summed E-state index contributed by atoms with van der Waals surface area (Å²) in [6, 6.07) is 7.92. The van der Waals surface area contributed by atoms with E-state index in [2.05, 4.69) is 22.4 Å². The van der Waals surface area contributed by atoms with Gasteiger partial charge in [0.05, 0.1) is 6.04 Å². The predicted octanol–water partition coefficient (Wildman–Crippen LogP) is 4.31. The van der Waals surface area contributed by atoms with E-state index in [-0.39, 0.29) is 12.0 Å². The second-order valence-electron chi connectivity index (χ2n) is 4.79. The van der Waals surface area contributed by atoms with Crippen molar-refractivity contribution in [1.82, 2.24) is 10.3 Å². The Morgan fingerprint density at radius 3 is 2.76 bits per heavy atom. The van der Waals surface area contributed by atoms with E-state index in [9.17, 15) is 13.2 Å². The van der Waals surface area contributed by atoms with Gasteiger partial charge in [0, 0.05) is 27.6 Å². The number of fused-ring (bicyclic) bond motifs is 1. The first-order chi connectivity index (χ1) is 10.0. The molecule has 0 aliphatic carbocycles. The minimum absolute atomic E-state index is 0.144. The molecule has 2 atom stereocenters. The van der Waals surface area contributed by atoms with Crippen molar-refractivity contribution < 1.29 is 13.2 Å². The van der Waals surface area contributed by atoms with Crippen molar-refractivity contribution in [2.24, 2.45) is 0 Å². The van der Waals surface area contributed by atoms with E-state index in [0.717, 1.165) is 17.1 Å². The second-order valence-corrected chi connectivity index (χ2v) is 6.91. The van der Waals surface area contributed by atoms with Crippen LogP contribution >= 0.6 is 23.1 Å². The van der Waals surface area contributed by atoms with Crippen molar-refractivity contribution in [3.05, 3.63) is 45.9 Å². The summed E-state index contributed by atoms with van der Waals surface area (Å²) < 4.78 is 38.1. The quantitative estimate of drug-likeness (QED) is 0.908. The first-order valence-corrected chi connectivity index (χ1v) is 8.23. The molecule has 2 nitrogen and oxygen atoms in total. The maximum absolute atomic E-state index is 12.7. The first-order valence-electron chi connectivity index (χ1n) is 6.42. The average molecular weight is 330 g/mol. The highest BCUT2D eigenvalue weighted by atomic mass is 32.2. The summed E-state index contributed by atoms with van der Waals surface area (Å²) in [4.78, 5) is 5.37. The lowest BCUT2D eigenvalue weighted by Crippen LogP contribution is -2.23. The third-order valence-corrected chi connectivity index (χ3v) is 5.86. The normalized spacial score (nSPS) is 19.5. The number of likely N-dealkylation sites (N-methyl/N-ethyl adjacent to an activating group) is 1. The average Bonchev–Trinajstić information content (AvgIpc) is 3.07. The number of thiazole rings is 1. The number of nitrogens with zero attached hydrogens (tertiary/aromatic N) is 1. The highest BCUT2D eigenvalue weighted by molar-refractivity contribution is 7.99. The van der Waals surface area contributed by atoms with E-state index in [0.29, 0.717) is 4.88 Å². The Labute approximate surface area is 128 Å². The van der Waals surface area contributed by atoms with Gasteiger partial charge >= 0.3 is 6.18 Å². The fraction of sp³-hybridized carbons (Fsp3) is 0.357. The van der Waals surface area contributed by atoms with Crippen LogP contribution in [0.1, 0.15) is 27.4 Å². The summed E-state index contributed by atoms with van der Waals surface area (Å²) in [5.74, 6) is 1.03. The molecular formula is C14H13F3N2S2. The molecule has 2 aromatic rings. The van der Waals surface area contributed by atoms with E-state index < -0.39 is 11.2 Å². The SMILES string of the molecule is CNC(c1cnc(C(F)(F)F)s1)C1CSc2ccccc21. The number of aromatic nitrogens is 1. The standard InChI is InChI=1S/C14H13F3N2S2/c1-18-12(11-6-19-13(21-11)14(15,16)17)9-7-20-10-5-3-2-4-8(9)10/h2-6,9,12,18H,7H2,1H3. The van der Waals surface area contributed by atoms with Gasteiger partial charge in [-0.2, -0.15) is 13.2 Å². The maximum atomic E-state index is 12.7. The molecule has 0 saturated carbocycles. The number of benzene rings is 1. The first kappa shape index (κ1) is 14.9. The molecule has 2 unspecified atom stereocenters. The monoisotopic (exact) mass is 330 g/mol. The van der Waals surface area contributed by atoms with E-state index >= 15 is 0 Å². The van der Waals surface area contributed by atoms with Crippen molar-refractivity contribution in [2.75, 3.05) is 12.8 Å². The number of hydrogen-bond acceptors (Lipinski definition) is 4. The van der Waals surface area contributed by atoms with Crippen LogP contribution in [-0.4, -0.2) is 17.8 Å². The molecule has 0 radical (unpaired) electrons. The maximum Gasteiger partial charge on any atom is 0.443 e. The number of alkyl halides is 3. The lowest BCUT2D eigenvalue weighted by molar-refractivity contribution is -0.137. The van der Waals surface area contributed by atoms with Crippen LogP contribution in [0.3, 0.4) is 0 Å². The number of hydrogen-bond donors (Lipinski definition) is 1. The van der Waals surface area contributed by atoms with E-state index in [1.807, 2.05) is 12.1 Å². The molecule has 1 aromatic carbocycles. The highest BCUT2D eigenvalue weighted by Gasteiger charge is 2.37. The van der Waals surface area contributed by atoms with Crippen LogP contribution in [0.4, 0.5) is 13.2 Å². The molecule has 3 rings (SSSR count). The molecular weight excluding hydrogens is 317 g/mol. The molecule has 0 spiro atoms. The second kappa shape index (κ2) is 5.62. The molecule has 1 aromatic heterocycles. The summed E-state index contributed by atoms with van der Waals surface area (Å²) in [6.07, 6.45) is -3.02. The Balaban J connectivity index is 1.91. The van der Waals surface area contributed by atoms with Gasteiger partial charge in [-0.05, 0) is 18.7 Å². The Kier molecular flexibility index (Phi) is 3.98. The molecule has 21 heavy (non-hydrogen) atoms. The van der Waals surface area contributed by atoms with Crippen LogP contribution in [0.15, 0.2) is 35.4 Å². The van der Waals surface area contributed by atoms with E-state index in [1.54, 1.807) is 18.8 Å².